The number of aromatic hydroxyl groups is 1. The van der Waals surface area contributed by atoms with E-state index in [1.165, 1.54) is 11.1 Å². The number of benzene rings is 2. The highest BCUT2D eigenvalue weighted by Crippen LogP contribution is 2.37. The van der Waals surface area contributed by atoms with E-state index < -0.39 is 0 Å². The van der Waals surface area contributed by atoms with Crippen LogP contribution in [0.1, 0.15) is 42.1 Å². The Balaban J connectivity index is 1.79. The van der Waals surface area contributed by atoms with Crippen LogP contribution in [0.5, 0.6) is 5.75 Å². The summed E-state index contributed by atoms with van der Waals surface area (Å²) in [5, 5.41) is 14.3. The van der Waals surface area contributed by atoms with Crippen molar-refractivity contribution in [2.24, 2.45) is 0 Å². The van der Waals surface area contributed by atoms with Crippen LogP contribution in [-0.4, -0.2) is 5.11 Å². The first kappa shape index (κ1) is 13.5. The second kappa shape index (κ2) is 5.47. The summed E-state index contributed by atoms with van der Waals surface area (Å²) in [6.45, 7) is 2.15. The van der Waals surface area contributed by atoms with Crippen LogP contribution >= 0.6 is 11.6 Å². The Labute approximate surface area is 124 Å². The fraction of sp³-hybridized carbons (Fsp3) is 0.294. The summed E-state index contributed by atoms with van der Waals surface area (Å²) in [6.07, 6.45) is 1.96. The van der Waals surface area contributed by atoms with Gasteiger partial charge in [-0.1, -0.05) is 35.9 Å². The number of fused-ring (bicyclic) bond motifs is 1. The molecule has 0 radical (unpaired) electrons. The Bertz CT molecular complexity index is 626. The van der Waals surface area contributed by atoms with Crippen LogP contribution in [0.25, 0.3) is 0 Å². The summed E-state index contributed by atoms with van der Waals surface area (Å²) in [5.74, 6) is 0.419. The standard InChI is InChI=1S/C17H18ClNO/c1-11(12-4-2-5-13(18)10-12)19-16-9-8-15-14(16)6-3-7-17(15)20/h2-7,10-11,16,19-20H,8-9H2,1H3/t11-,16?/m0/s1. The van der Waals surface area contributed by atoms with Crippen molar-refractivity contribution in [1.29, 1.82) is 0 Å². The third-order valence-electron chi connectivity index (χ3n) is 4.05. The lowest BCUT2D eigenvalue weighted by Gasteiger charge is -2.21. The van der Waals surface area contributed by atoms with E-state index in [0.29, 0.717) is 11.8 Å². The summed E-state index contributed by atoms with van der Waals surface area (Å²) >= 11 is 6.05. The average molecular weight is 288 g/mol. The molecule has 0 aromatic heterocycles. The van der Waals surface area contributed by atoms with Gasteiger partial charge in [-0.2, -0.15) is 0 Å². The minimum absolute atomic E-state index is 0.229. The normalized spacial score (nSPS) is 18.8. The van der Waals surface area contributed by atoms with Gasteiger partial charge in [0.15, 0.2) is 0 Å². The third-order valence-corrected chi connectivity index (χ3v) is 4.28. The van der Waals surface area contributed by atoms with Crippen LogP contribution in [0.3, 0.4) is 0 Å². The van der Waals surface area contributed by atoms with Crippen molar-refractivity contribution in [2.75, 3.05) is 0 Å². The van der Waals surface area contributed by atoms with Crippen molar-refractivity contribution < 1.29 is 5.11 Å². The molecule has 3 heteroatoms. The molecule has 1 aliphatic rings. The maximum absolute atomic E-state index is 9.89. The van der Waals surface area contributed by atoms with E-state index in [4.69, 9.17) is 11.6 Å². The molecule has 0 amide bonds. The average Bonchev–Trinajstić information content (AvgIpc) is 2.83. The number of hydrogen-bond acceptors (Lipinski definition) is 2. The fourth-order valence-corrected chi connectivity index (χ4v) is 3.18. The fourth-order valence-electron chi connectivity index (χ4n) is 2.98. The molecule has 2 aromatic rings. The maximum Gasteiger partial charge on any atom is 0.119 e. The van der Waals surface area contributed by atoms with Crippen LogP contribution in [0.15, 0.2) is 42.5 Å². The van der Waals surface area contributed by atoms with Crippen LogP contribution in [-0.2, 0) is 6.42 Å². The molecule has 0 bridgehead atoms. The first-order valence-corrected chi connectivity index (χ1v) is 7.35. The van der Waals surface area contributed by atoms with Crippen LogP contribution in [0.4, 0.5) is 0 Å². The monoisotopic (exact) mass is 287 g/mol. The Morgan fingerprint density at radius 2 is 2.05 bits per heavy atom. The maximum atomic E-state index is 9.89. The van der Waals surface area contributed by atoms with E-state index in [9.17, 15) is 5.11 Å². The van der Waals surface area contributed by atoms with E-state index in [2.05, 4.69) is 24.4 Å². The number of hydrogen-bond donors (Lipinski definition) is 2. The predicted octanol–water partition coefficient (Wildman–Crippen LogP) is 4.38. The summed E-state index contributed by atoms with van der Waals surface area (Å²) in [4.78, 5) is 0. The Morgan fingerprint density at radius 1 is 1.25 bits per heavy atom. The molecule has 1 unspecified atom stereocenters. The predicted molar refractivity (Wildman–Crippen MR) is 82.2 cm³/mol. The summed E-state index contributed by atoms with van der Waals surface area (Å²) < 4.78 is 0. The molecule has 0 saturated carbocycles. The molecule has 3 rings (SSSR count). The molecule has 0 spiro atoms. The minimum Gasteiger partial charge on any atom is -0.508 e. The van der Waals surface area contributed by atoms with Gasteiger partial charge in [0.1, 0.15) is 5.75 Å². The van der Waals surface area contributed by atoms with E-state index in [-0.39, 0.29) is 6.04 Å². The van der Waals surface area contributed by atoms with Crippen molar-refractivity contribution in [3.63, 3.8) is 0 Å². The van der Waals surface area contributed by atoms with E-state index in [0.717, 1.165) is 23.4 Å². The Hall–Kier alpha value is -1.51. The minimum atomic E-state index is 0.229. The molecular formula is C17H18ClNO. The van der Waals surface area contributed by atoms with Gasteiger partial charge < -0.3 is 10.4 Å². The zero-order chi connectivity index (χ0) is 14.1. The summed E-state index contributed by atoms with van der Waals surface area (Å²) in [5.41, 5.74) is 3.49. The quantitative estimate of drug-likeness (QED) is 0.878. The molecule has 0 heterocycles. The van der Waals surface area contributed by atoms with Crippen LogP contribution in [0.2, 0.25) is 5.02 Å². The van der Waals surface area contributed by atoms with E-state index >= 15 is 0 Å². The number of halogens is 1. The highest BCUT2D eigenvalue weighted by molar-refractivity contribution is 6.30. The van der Waals surface area contributed by atoms with Crippen molar-refractivity contribution in [3.8, 4) is 5.75 Å². The molecule has 2 N–H and O–H groups in total. The van der Waals surface area contributed by atoms with Crippen molar-refractivity contribution in [1.82, 2.24) is 5.32 Å². The molecule has 0 aliphatic heterocycles. The smallest absolute Gasteiger partial charge is 0.119 e. The lowest BCUT2D eigenvalue weighted by atomic mass is 10.0. The Morgan fingerprint density at radius 3 is 2.85 bits per heavy atom. The van der Waals surface area contributed by atoms with Crippen molar-refractivity contribution in [3.05, 3.63) is 64.2 Å². The second-order valence-electron chi connectivity index (χ2n) is 5.38. The highest BCUT2D eigenvalue weighted by atomic mass is 35.5. The lowest BCUT2D eigenvalue weighted by Crippen LogP contribution is -2.22. The van der Waals surface area contributed by atoms with Gasteiger partial charge in [-0.05, 0) is 54.7 Å². The lowest BCUT2D eigenvalue weighted by molar-refractivity contribution is 0.465. The molecule has 1 aliphatic carbocycles. The number of rotatable bonds is 3. The van der Waals surface area contributed by atoms with Crippen LogP contribution < -0.4 is 5.32 Å². The molecule has 0 saturated heterocycles. The summed E-state index contributed by atoms with van der Waals surface area (Å²) in [7, 11) is 0. The van der Waals surface area contributed by atoms with Gasteiger partial charge in [0.2, 0.25) is 0 Å². The summed E-state index contributed by atoms with van der Waals surface area (Å²) in [6, 6.07) is 14.3. The molecule has 0 fully saturated rings. The molecule has 2 atom stereocenters. The number of phenols is 1. The van der Waals surface area contributed by atoms with Gasteiger partial charge in [-0.25, -0.2) is 0 Å². The topological polar surface area (TPSA) is 32.3 Å². The molecule has 104 valence electrons. The van der Waals surface area contributed by atoms with Crippen molar-refractivity contribution in [2.45, 2.75) is 31.8 Å². The first-order valence-electron chi connectivity index (χ1n) is 6.97. The van der Waals surface area contributed by atoms with Gasteiger partial charge in [-0.3, -0.25) is 0 Å². The van der Waals surface area contributed by atoms with Gasteiger partial charge >= 0.3 is 0 Å². The molecule has 2 nitrogen and oxygen atoms in total. The Kier molecular flexibility index (Phi) is 3.68. The van der Waals surface area contributed by atoms with Gasteiger partial charge in [0.25, 0.3) is 0 Å². The van der Waals surface area contributed by atoms with Crippen molar-refractivity contribution >= 4 is 11.6 Å². The number of phenolic OH excluding ortho intramolecular Hbond substituents is 1. The molecule has 20 heavy (non-hydrogen) atoms. The zero-order valence-electron chi connectivity index (χ0n) is 11.4. The van der Waals surface area contributed by atoms with Gasteiger partial charge in [0, 0.05) is 17.1 Å². The highest BCUT2D eigenvalue weighted by Gasteiger charge is 2.25. The van der Waals surface area contributed by atoms with E-state index in [1.807, 2.05) is 24.3 Å². The van der Waals surface area contributed by atoms with E-state index in [1.54, 1.807) is 6.07 Å². The second-order valence-corrected chi connectivity index (χ2v) is 5.82. The first-order chi connectivity index (χ1) is 9.65. The zero-order valence-corrected chi connectivity index (χ0v) is 12.2. The van der Waals surface area contributed by atoms with Crippen LogP contribution in [0, 0.1) is 0 Å². The SMILES string of the molecule is C[C@H](NC1CCc2c(O)cccc21)c1cccc(Cl)c1. The van der Waals surface area contributed by atoms with Gasteiger partial charge in [-0.15, -0.1) is 0 Å². The molecule has 2 aromatic carbocycles. The number of nitrogens with one attached hydrogen (secondary N) is 1. The third kappa shape index (κ3) is 2.54. The largest absolute Gasteiger partial charge is 0.508 e. The molecular weight excluding hydrogens is 270 g/mol. The van der Waals surface area contributed by atoms with Gasteiger partial charge in [0.05, 0.1) is 0 Å².